The topological polar surface area (TPSA) is 46.3 Å². The first-order valence-electron chi connectivity index (χ1n) is 7.84. The van der Waals surface area contributed by atoms with E-state index in [1.54, 1.807) is 37.3 Å². The second kappa shape index (κ2) is 6.80. The molecule has 2 heterocycles. The highest BCUT2D eigenvalue weighted by molar-refractivity contribution is 7.19. The molecule has 0 aliphatic heterocycles. The number of furan rings is 1. The number of fused-ring (bicyclic) bond motifs is 1. The SMILES string of the molecule is Cc1oc(-c2cc(Cl)ccc2Cl)cc1/C(O)=C/c1nc2ccccc2s1. The van der Waals surface area contributed by atoms with Gasteiger partial charge in [-0.3, -0.25) is 0 Å². The predicted octanol–water partition coefficient (Wildman–Crippen LogP) is 7.23. The summed E-state index contributed by atoms with van der Waals surface area (Å²) in [7, 11) is 0. The van der Waals surface area contributed by atoms with Gasteiger partial charge in [-0.15, -0.1) is 11.3 Å². The van der Waals surface area contributed by atoms with Crippen LogP contribution in [0.1, 0.15) is 16.3 Å². The number of para-hydroxylation sites is 1. The summed E-state index contributed by atoms with van der Waals surface area (Å²) in [5, 5.41) is 12.4. The quantitative estimate of drug-likeness (QED) is 0.368. The standard InChI is InChI=1S/C20H13Cl2NO2S/c1-11-13(9-18(25-11)14-8-12(21)6-7-15(14)22)17(24)10-20-23-16-4-2-3-5-19(16)26-20/h2-10,24H,1H3/b17-10-. The Balaban J connectivity index is 1.73. The summed E-state index contributed by atoms with van der Waals surface area (Å²) in [5.41, 5.74) is 2.18. The third-order valence-corrected chi connectivity index (χ3v) is 5.51. The lowest BCUT2D eigenvalue weighted by Crippen LogP contribution is -1.82. The fourth-order valence-electron chi connectivity index (χ4n) is 2.70. The number of rotatable bonds is 3. The van der Waals surface area contributed by atoms with Gasteiger partial charge in [0, 0.05) is 16.7 Å². The van der Waals surface area contributed by atoms with Gasteiger partial charge in [0.2, 0.25) is 0 Å². The number of aliphatic hydroxyl groups excluding tert-OH is 1. The Morgan fingerprint density at radius 1 is 1.15 bits per heavy atom. The molecule has 2 aromatic heterocycles. The van der Waals surface area contributed by atoms with Gasteiger partial charge < -0.3 is 9.52 Å². The zero-order chi connectivity index (χ0) is 18.3. The Kier molecular flexibility index (Phi) is 4.49. The largest absolute Gasteiger partial charge is 0.507 e. The van der Waals surface area contributed by atoms with Gasteiger partial charge in [0.05, 0.1) is 20.8 Å². The summed E-state index contributed by atoms with van der Waals surface area (Å²) in [5.74, 6) is 1.23. The first-order chi connectivity index (χ1) is 12.5. The van der Waals surface area contributed by atoms with Crippen molar-refractivity contribution in [2.75, 3.05) is 0 Å². The molecular weight excluding hydrogens is 389 g/mol. The first kappa shape index (κ1) is 17.2. The monoisotopic (exact) mass is 401 g/mol. The van der Waals surface area contributed by atoms with Crippen LogP contribution in [0.2, 0.25) is 10.0 Å². The van der Waals surface area contributed by atoms with Crippen LogP contribution < -0.4 is 0 Å². The maximum Gasteiger partial charge on any atom is 0.136 e. The molecule has 0 unspecified atom stereocenters. The van der Waals surface area contributed by atoms with Gasteiger partial charge in [-0.1, -0.05) is 35.3 Å². The molecule has 0 aliphatic rings. The summed E-state index contributed by atoms with van der Waals surface area (Å²) in [6, 6.07) is 14.8. The summed E-state index contributed by atoms with van der Waals surface area (Å²) in [6.45, 7) is 1.79. The van der Waals surface area contributed by atoms with Crippen LogP contribution in [0.5, 0.6) is 0 Å². The lowest BCUT2D eigenvalue weighted by Gasteiger charge is -2.00. The minimum atomic E-state index is 0.0923. The highest BCUT2D eigenvalue weighted by atomic mass is 35.5. The Labute approximate surface area is 164 Å². The van der Waals surface area contributed by atoms with Crippen molar-refractivity contribution in [2.24, 2.45) is 0 Å². The van der Waals surface area contributed by atoms with E-state index in [0.29, 0.717) is 32.7 Å². The molecule has 0 bridgehead atoms. The number of hydrogen-bond donors (Lipinski definition) is 1. The van der Waals surface area contributed by atoms with Crippen LogP contribution in [-0.2, 0) is 0 Å². The number of aliphatic hydroxyl groups is 1. The van der Waals surface area contributed by atoms with E-state index in [2.05, 4.69) is 4.98 Å². The van der Waals surface area contributed by atoms with Crippen LogP contribution in [0.3, 0.4) is 0 Å². The summed E-state index contributed by atoms with van der Waals surface area (Å²) in [6.07, 6.45) is 1.64. The van der Waals surface area contributed by atoms with Crippen LogP contribution in [0.25, 0.3) is 33.4 Å². The number of halogens is 2. The highest BCUT2D eigenvalue weighted by Gasteiger charge is 2.15. The molecule has 4 aromatic rings. The summed E-state index contributed by atoms with van der Waals surface area (Å²) in [4.78, 5) is 4.51. The fraction of sp³-hybridized carbons (Fsp3) is 0.0500. The van der Waals surface area contributed by atoms with E-state index in [0.717, 1.165) is 15.2 Å². The van der Waals surface area contributed by atoms with Gasteiger partial charge in [0.15, 0.2) is 0 Å². The number of aryl methyl sites for hydroxylation is 1. The molecule has 130 valence electrons. The van der Waals surface area contributed by atoms with E-state index in [9.17, 15) is 5.11 Å². The molecule has 0 saturated heterocycles. The smallest absolute Gasteiger partial charge is 0.136 e. The minimum Gasteiger partial charge on any atom is -0.507 e. The molecule has 0 spiro atoms. The number of thiazole rings is 1. The van der Waals surface area contributed by atoms with Crippen molar-refractivity contribution < 1.29 is 9.52 Å². The van der Waals surface area contributed by atoms with E-state index in [1.807, 2.05) is 24.3 Å². The molecule has 1 N–H and O–H groups in total. The number of aromatic nitrogens is 1. The van der Waals surface area contributed by atoms with Crippen molar-refractivity contribution in [3.63, 3.8) is 0 Å². The normalized spacial score (nSPS) is 12.0. The average Bonchev–Trinajstić information content (AvgIpc) is 3.19. The van der Waals surface area contributed by atoms with E-state index in [1.165, 1.54) is 11.3 Å². The predicted molar refractivity (Wildman–Crippen MR) is 109 cm³/mol. The second-order valence-electron chi connectivity index (χ2n) is 5.75. The fourth-order valence-corrected chi connectivity index (χ4v) is 3.99. The zero-order valence-corrected chi connectivity index (χ0v) is 16.0. The van der Waals surface area contributed by atoms with Crippen LogP contribution in [0, 0.1) is 6.92 Å². The van der Waals surface area contributed by atoms with Crippen molar-refractivity contribution in [3.05, 3.63) is 74.9 Å². The van der Waals surface area contributed by atoms with E-state index in [4.69, 9.17) is 27.6 Å². The maximum absolute atomic E-state index is 10.6. The third-order valence-electron chi connectivity index (χ3n) is 3.96. The van der Waals surface area contributed by atoms with Crippen molar-refractivity contribution in [3.8, 4) is 11.3 Å². The summed E-state index contributed by atoms with van der Waals surface area (Å²) < 4.78 is 6.86. The molecular formula is C20H13Cl2NO2S. The molecule has 0 aliphatic carbocycles. The molecule has 26 heavy (non-hydrogen) atoms. The van der Waals surface area contributed by atoms with Crippen LogP contribution in [0.4, 0.5) is 0 Å². The Morgan fingerprint density at radius 2 is 1.96 bits per heavy atom. The number of benzene rings is 2. The molecule has 0 fully saturated rings. The highest BCUT2D eigenvalue weighted by Crippen LogP contribution is 2.35. The molecule has 6 heteroatoms. The molecule has 0 radical (unpaired) electrons. The summed E-state index contributed by atoms with van der Waals surface area (Å²) >= 11 is 13.8. The Bertz CT molecular complexity index is 1110. The molecule has 0 atom stereocenters. The lowest BCUT2D eigenvalue weighted by molar-refractivity contribution is 0.505. The molecule has 0 saturated carbocycles. The van der Waals surface area contributed by atoms with Crippen molar-refractivity contribution in [1.82, 2.24) is 4.98 Å². The zero-order valence-electron chi connectivity index (χ0n) is 13.7. The van der Waals surface area contributed by atoms with Gasteiger partial charge in [-0.05, 0) is 43.3 Å². The van der Waals surface area contributed by atoms with E-state index in [-0.39, 0.29) is 5.76 Å². The molecule has 4 rings (SSSR count). The Morgan fingerprint density at radius 3 is 2.77 bits per heavy atom. The first-order valence-corrected chi connectivity index (χ1v) is 9.41. The lowest BCUT2D eigenvalue weighted by atomic mass is 10.1. The number of hydrogen-bond acceptors (Lipinski definition) is 4. The molecule has 0 amide bonds. The molecule has 2 aromatic carbocycles. The van der Waals surface area contributed by atoms with Gasteiger partial charge in [-0.2, -0.15) is 0 Å². The minimum absolute atomic E-state index is 0.0923. The molecule has 3 nitrogen and oxygen atoms in total. The van der Waals surface area contributed by atoms with E-state index < -0.39 is 0 Å². The van der Waals surface area contributed by atoms with E-state index >= 15 is 0 Å². The van der Waals surface area contributed by atoms with Gasteiger partial charge in [0.25, 0.3) is 0 Å². The van der Waals surface area contributed by atoms with Crippen molar-refractivity contribution in [2.45, 2.75) is 6.92 Å². The van der Waals surface area contributed by atoms with Gasteiger partial charge in [0.1, 0.15) is 22.3 Å². The van der Waals surface area contributed by atoms with Crippen LogP contribution >= 0.6 is 34.5 Å². The van der Waals surface area contributed by atoms with Crippen molar-refractivity contribution >= 4 is 56.6 Å². The van der Waals surface area contributed by atoms with Crippen molar-refractivity contribution in [1.29, 1.82) is 0 Å². The second-order valence-corrected chi connectivity index (χ2v) is 7.66. The van der Waals surface area contributed by atoms with Crippen LogP contribution in [0.15, 0.2) is 52.9 Å². The van der Waals surface area contributed by atoms with Gasteiger partial charge >= 0.3 is 0 Å². The Hall–Kier alpha value is -2.27. The third kappa shape index (κ3) is 3.23. The number of nitrogens with zero attached hydrogens (tertiary/aromatic N) is 1. The average molecular weight is 402 g/mol. The maximum atomic E-state index is 10.6. The van der Waals surface area contributed by atoms with Gasteiger partial charge in [-0.25, -0.2) is 4.98 Å². The van der Waals surface area contributed by atoms with Crippen LogP contribution in [-0.4, -0.2) is 10.1 Å².